The van der Waals surface area contributed by atoms with Crippen LogP contribution in [0.5, 0.6) is 0 Å². The Kier molecular flexibility index (Phi) is 26.0. The van der Waals surface area contributed by atoms with Gasteiger partial charge in [0, 0.05) is 13.0 Å². The van der Waals surface area contributed by atoms with Crippen LogP contribution >= 0.6 is 7.82 Å². The summed E-state index contributed by atoms with van der Waals surface area (Å²) in [4.78, 5) is 22.3. The van der Waals surface area contributed by atoms with Crippen molar-refractivity contribution in [1.82, 2.24) is 5.32 Å². The van der Waals surface area contributed by atoms with Gasteiger partial charge in [-0.2, -0.15) is 0 Å². The van der Waals surface area contributed by atoms with Gasteiger partial charge in [-0.05, 0) is 51.4 Å². The highest BCUT2D eigenvalue weighted by molar-refractivity contribution is 7.47. The van der Waals surface area contributed by atoms with Crippen LogP contribution in [0.25, 0.3) is 0 Å². The predicted octanol–water partition coefficient (Wildman–Crippen LogP) is 6.87. The van der Waals surface area contributed by atoms with Gasteiger partial charge in [0.05, 0.1) is 25.4 Å². The maximum atomic E-state index is 12.5. The molecule has 0 aromatic rings. The van der Waals surface area contributed by atoms with E-state index >= 15 is 0 Å². The number of unbranched alkanes of at least 4 members (excludes halogenated alkanes) is 11. The number of phosphoric acid groups is 1. The zero-order valence-electron chi connectivity index (χ0n) is 24.6. The number of carbonyl (C=O) groups excluding carboxylic acids is 1. The second kappa shape index (κ2) is 26.9. The van der Waals surface area contributed by atoms with Gasteiger partial charge in [0.15, 0.2) is 0 Å². The van der Waals surface area contributed by atoms with Gasteiger partial charge in [0.1, 0.15) is 0 Å². The summed E-state index contributed by atoms with van der Waals surface area (Å²) < 4.78 is 21.8. The molecule has 9 heteroatoms. The fourth-order valence-electron chi connectivity index (χ4n) is 3.85. The summed E-state index contributed by atoms with van der Waals surface area (Å²) in [5.41, 5.74) is 5.31. The third kappa shape index (κ3) is 25.4. The average Bonchev–Trinajstić information content (AvgIpc) is 2.91. The summed E-state index contributed by atoms with van der Waals surface area (Å²) in [6.45, 7) is 3.93. The normalized spacial score (nSPS) is 15.3. The molecule has 3 atom stereocenters. The molecule has 0 heterocycles. The van der Waals surface area contributed by atoms with Gasteiger partial charge in [-0.1, -0.05) is 95.2 Å². The molecule has 0 saturated carbocycles. The third-order valence-electron chi connectivity index (χ3n) is 6.17. The van der Waals surface area contributed by atoms with E-state index in [0.29, 0.717) is 6.42 Å². The first kappa shape index (κ1) is 37.7. The first-order valence-electron chi connectivity index (χ1n) is 15.1. The van der Waals surface area contributed by atoms with E-state index < -0.39 is 20.0 Å². The number of aliphatic hydroxyl groups excluding tert-OH is 1. The van der Waals surface area contributed by atoms with Crippen molar-refractivity contribution in [1.29, 1.82) is 0 Å². The average molecular weight is 573 g/mol. The molecule has 0 aliphatic rings. The molecule has 0 spiro atoms. The number of phosphoric ester groups is 1. The molecule has 1 amide bonds. The van der Waals surface area contributed by atoms with Crippen molar-refractivity contribution >= 4 is 13.7 Å². The highest BCUT2D eigenvalue weighted by Gasteiger charge is 2.26. The fourth-order valence-corrected chi connectivity index (χ4v) is 4.61. The maximum Gasteiger partial charge on any atom is 0.472 e. The molecule has 3 unspecified atom stereocenters. The Bertz CT molecular complexity index is 714. The molecule has 228 valence electrons. The Hall–Kier alpha value is -1.28. The number of rotatable bonds is 27. The van der Waals surface area contributed by atoms with Gasteiger partial charge in [0.2, 0.25) is 5.91 Å². The first-order chi connectivity index (χ1) is 18.9. The first-order valence-corrected chi connectivity index (χ1v) is 16.6. The van der Waals surface area contributed by atoms with Crippen LogP contribution in [-0.4, -0.2) is 47.8 Å². The van der Waals surface area contributed by atoms with Crippen molar-refractivity contribution in [2.75, 3.05) is 19.8 Å². The molecular formula is C30H57N2O6P. The minimum absolute atomic E-state index is 0.0714. The predicted molar refractivity (Wildman–Crippen MR) is 161 cm³/mol. The molecule has 39 heavy (non-hydrogen) atoms. The topological polar surface area (TPSA) is 131 Å². The minimum Gasteiger partial charge on any atom is -0.387 e. The minimum atomic E-state index is -4.32. The van der Waals surface area contributed by atoms with Gasteiger partial charge in [-0.3, -0.25) is 13.8 Å². The van der Waals surface area contributed by atoms with Crippen LogP contribution < -0.4 is 11.1 Å². The molecule has 0 rings (SSSR count). The summed E-state index contributed by atoms with van der Waals surface area (Å²) in [7, 11) is -4.32. The van der Waals surface area contributed by atoms with E-state index in [0.717, 1.165) is 64.2 Å². The lowest BCUT2D eigenvalue weighted by atomic mass is 10.1. The molecule has 0 saturated heterocycles. The molecule has 0 bridgehead atoms. The van der Waals surface area contributed by atoms with Gasteiger partial charge in [-0.15, -0.1) is 0 Å². The van der Waals surface area contributed by atoms with Crippen LogP contribution in [0.1, 0.15) is 117 Å². The van der Waals surface area contributed by atoms with E-state index in [-0.39, 0.29) is 25.7 Å². The number of nitrogens with two attached hydrogens (primary N) is 1. The van der Waals surface area contributed by atoms with Crippen molar-refractivity contribution < 1.29 is 28.4 Å². The number of allylic oxidation sites excluding steroid dienone is 5. The van der Waals surface area contributed by atoms with Crippen molar-refractivity contribution in [3.8, 4) is 0 Å². The van der Waals surface area contributed by atoms with Crippen LogP contribution in [0.3, 0.4) is 0 Å². The highest BCUT2D eigenvalue weighted by Crippen LogP contribution is 2.43. The highest BCUT2D eigenvalue weighted by atomic mass is 31.2. The second-order valence-corrected chi connectivity index (χ2v) is 11.4. The Balaban J connectivity index is 4.43. The largest absolute Gasteiger partial charge is 0.472 e. The van der Waals surface area contributed by atoms with Crippen LogP contribution in [0, 0.1) is 0 Å². The van der Waals surface area contributed by atoms with Gasteiger partial charge in [-0.25, -0.2) is 4.57 Å². The van der Waals surface area contributed by atoms with Crippen molar-refractivity contribution in [2.45, 2.75) is 129 Å². The SMILES string of the molecule is CCC/C=C/CC/C=C/C(O)C(COP(=O)(O)OCCN)NC(=O)CCCCCCC/C=C\CCCCCC. The fraction of sp³-hybridized carbons (Fsp3) is 0.767. The Labute approximate surface area is 238 Å². The third-order valence-corrected chi connectivity index (χ3v) is 7.15. The van der Waals surface area contributed by atoms with Crippen molar-refractivity contribution in [3.05, 3.63) is 36.5 Å². The molecule has 8 nitrogen and oxygen atoms in total. The van der Waals surface area contributed by atoms with Crippen LogP contribution in [0.4, 0.5) is 0 Å². The van der Waals surface area contributed by atoms with Crippen LogP contribution in [0.15, 0.2) is 36.5 Å². The lowest BCUT2D eigenvalue weighted by Crippen LogP contribution is -2.45. The molecule has 0 aromatic heterocycles. The number of nitrogens with one attached hydrogen (secondary N) is 1. The molecule has 0 fully saturated rings. The Morgan fingerprint density at radius 3 is 2.08 bits per heavy atom. The van der Waals surface area contributed by atoms with E-state index in [1.54, 1.807) is 6.08 Å². The summed E-state index contributed by atoms with van der Waals surface area (Å²) >= 11 is 0. The van der Waals surface area contributed by atoms with E-state index in [2.05, 4.69) is 43.5 Å². The van der Waals surface area contributed by atoms with Crippen molar-refractivity contribution in [2.24, 2.45) is 5.73 Å². The molecule has 0 aliphatic heterocycles. The molecule has 5 N–H and O–H groups in total. The van der Waals surface area contributed by atoms with Crippen molar-refractivity contribution in [3.63, 3.8) is 0 Å². The standard InChI is InChI=1S/C30H57N2O6P/c1-3-5-7-9-11-12-13-14-15-16-18-20-22-24-30(34)32-28(27-38-39(35,36)37-26-25-31)29(33)23-21-19-17-10-8-6-4-2/h8,10,12-13,21,23,28-29,33H,3-7,9,11,14-20,22,24-27,31H2,1-2H3,(H,32,34)(H,35,36)/b10-8+,13-12-,23-21+. The number of aliphatic hydroxyl groups is 1. The van der Waals surface area contributed by atoms with Crippen LogP contribution in [-0.2, 0) is 18.4 Å². The van der Waals surface area contributed by atoms with E-state index in [1.807, 2.05) is 6.08 Å². The molecule has 0 aliphatic carbocycles. The zero-order valence-corrected chi connectivity index (χ0v) is 25.5. The number of amides is 1. The van der Waals surface area contributed by atoms with E-state index in [1.165, 1.54) is 32.1 Å². The summed E-state index contributed by atoms with van der Waals surface area (Å²) in [6, 6.07) is -0.875. The monoisotopic (exact) mass is 572 g/mol. The molecule has 0 aromatic carbocycles. The lowest BCUT2D eigenvalue weighted by Gasteiger charge is -2.23. The van der Waals surface area contributed by atoms with Crippen LogP contribution in [0.2, 0.25) is 0 Å². The second-order valence-electron chi connectivity index (χ2n) is 9.94. The summed E-state index contributed by atoms with van der Waals surface area (Å²) in [5, 5.41) is 13.4. The van der Waals surface area contributed by atoms with E-state index in [4.69, 9.17) is 14.8 Å². The smallest absolute Gasteiger partial charge is 0.387 e. The number of hydrogen-bond donors (Lipinski definition) is 4. The lowest BCUT2D eigenvalue weighted by molar-refractivity contribution is -0.123. The molecule has 0 radical (unpaired) electrons. The van der Waals surface area contributed by atoms with Gasteiger partial charge < -0.3 is 21.1 Å². The number of carbonyl (C=O) groups is 1. The maximum absolute atomic E-state index is 12.5. The molecular weight excluding hydrogens is 515 g/mol. The summed E-state index contributed by atoms with van der Waals surface area (Å²) in [5.74, 6) is -0.222. The number of hydrogen-bond acceptors (Lipinski definition) is 6. The van der Waals surface area contributed by atoms with Gasteiger partial charge >= 0.3 is 7.82 Å². The van der Waals surface area contributed by atoms with E-state index in [9.17, 15) is 19.4 Å². The summed E-state index contributed by atoms with van der Waals surface area (Å²) in [6.07, 6.45) is 27.8. The zero-order chi connectivity index (χ0) is 29.0. The quantitative estimate of drug-likeness (QED) is 0.0480. The Morgan fingerprint density at radius 1 is 0.821 bits per heavy atom. The van der Waals surface area contributed by atoms with Gasteiger partial charge in [0.25, 0.3) is 0 Å². The Morgan fingerprint density at radius 2 is 1.41 bits per heavy atom.